The lowest BCUT2D eigenvalue weighted by Gasteiger charge is -2.05. The maximum Gasteiger partial charge on any atom is 0.307 e. The number of fused-ring (bicyclic) bond motifs is 1. The first-order valence-electron chi connectivity index (χ1n) is 6.63. The summed E-state index contributed by atoms with van der Waals surface area (Å²) < 4.78 is 0. The minimum absolute atomic E-state index is 0.0371. The van der Waals surface area contributed by atoms with Crippen molar-refractivity contribution in [3.63, 3.8) is 0 Å². The number of primary amides is 1. The lowest BCUT2D eigenvalue weighted by Crippen LogP contribution is -2.13. The van der Waals surface area contributed by atoms with Gasteiger partial charge in [0.2, 0.25) is 5.91 Å². The van der Waals surface area contributed by atoms with Crippen molar-refractivity contribution in [2.45, 2.75) is 32.6 Å². The Morgan fingerprint density at radius 3 is 2.60 bits per heavy atom. The van der Waals surface area contributed by atoms with Crippen LogP contribution >= 0.6 is 0 Å². The van der Waals surface area contributed by atoms with E-state index in [-0.39, 0.29) is 12.8 Å². The lowest BCUT2D eigenvalue weighted by atomic mass is 10.0. The topological polar surface area (TPSA) is 96.2 Å². The molecule has 0 saturated carbocycles. The Labute approximate surface area is 116 Å². The molecule has 0 bridgehead atoms. The van der Waals surface area contributed by atoms with Gasteiger partial charge in [-0.15, -0.1) is 0 Å². The molecular formula is C15H18N2O3. The van der Waals surface area contributed by atoms with Crippen LogP contribution in [0.4, 0.5) is 0 Å². The van der Waals surface area contributed by atoms with E-state index in [1.165, 1.54) is 0 Å². The van der Waals surface area contributed by atoms with Crippen LogP contribution in [-0.4, -0.2) is 22.0 Å². The van der Waals surface area contributed by atoms with E-state index in [4.69, 9.17) is 10.8 Å². The van der Waals surface area contributed by atoms with Gasteiger partial charge in [0.1, 0.15) is 0 Å². The van der Waals surface area contributed by atoms with Crippen molar-refractivity contribution in [1.82, 2.24) is 4.98 Å². The summed E-state index contributed by atoms with van der Waals surface area (Å²) in [5.41, 5.74) is 8.54. The quantitative estimate of drug-likeness (QED) is 0.749. The SMILES string of the molecule is CCCc1cc(CC(=O)O)c2[nH]c(CC(N)=O)cc2c1. The van der Waals surface area contributed by atoms with Crippen molar-refractivity contribution in [2.75, 3.05) is 0 Å². The number of aromatic amines is 1. The normalized spacial score (nSPS) is 10.8. The first-order valence-corrected chi connectivity index (χ1v) is 6.63. The number of aliphatic carboxylic acids is 1. The second kappa shape index (κ2) is 5.77. The molecule has 0 aliphatic heterocycles. The molecule has 0 aliphatic rings. The zero-order valence-corrected chi connectivity index (χ0v) is 11.4. The number of amides is 1. The fraction of sp³-hybridized carbons (Fsp3) is 0.333. The van der Waals surface area contributed by atoms with E-state index in [0.717, 1.165) is 34.9 Å². The van der Waals surface area contributed by atoms with Crippen LogP contribution < -0.4 is 5.73 Å². The molecule has 0 aliphatic carbocycles. The first kappa shape index (κ1) is 14.1. The summed E-state index contributed by atoms with van der Waals surface area (Å²) in [6, 6.07) is 5.82. The third-order valence-electron chi connectivity index (χ3n) is 3.17. The number of aryl methyl sites for hydroxylation is 1. The summed E-state index contributed by atoms with van der Waals surface area (Å²) in [5.74, 6) is -1.28. The number of hydrogen-bond donors (Lipinski definition) is 3. The van der Waals surface area contributed by atoms with Gasteiger partial charge < -0.3 is 15.8 Å². The van der Waals surface area contributed by atoms with Crippen molar-refractivity contribution >= 4 is 22.8 Å². The van der Waals surface area contributed by atoms with Crippen LogP contribution in [0, 0.1) is 0 Å². The van der Waals surface area contributed by atoms with Crippen LogP contribution in [-0.2, 0) is 28.9 Å². The first-order chi connectivity index (χ1) is 9.49. The van der Waals surface area contributed by atoms with Crippen LogP contribution in [0.25, 0.3) is 10.9 Å². The molecule has 0 fully saturated rings. The van der Waals surface area contributed by atoms with E-state index in [9.17, 15) is 9.59 Å². The second-order valence-corrected chi connectivity index (χ2v) is 4.98. The number of carboxylic acids is 1. The standard InChI is InChI=1S/C15H18N2O3/c1-2-3-9-4-10-6-12(8-13(16)18)17-15(10)11(5-9)7-14(19)20/h4-6,17H,2-3,7-8H2,1H3,(H2,16,18)(H,19,20). The Hall–Kier alpha value is -2.30. The van der Waals surface area contributed by atoms with Crippen molar-refractivity contribution < 1.29 is 14.7 Å². The number of carbonyl (C=O) groups excluding carboxylic acids is 1. The highest BCUT2D eigenvalue weighted by Crippen LogP contribution is 2.23. The molecule has 106 valence electrons. The van der Waals surface area contributed by atoms with Crippen LogP contribution in [0.3, 0.4) is 0 Å². The Balaban J connectivity index is 2.51. The number of rotatable bonds is 6. The Morgan fingerprint density at radius 1 is 1.25 bits per heavy atom. The molecule has 2 aromatic rings. The van der Waals surface area contributed by atoms with E-state index in [2.05, 4.69) is 11.9 Å². The van der Waals surface area contributed by atoms with Gasteiger partial charge in [-0.25, -0.2) is 0 Å². The van der Waals surface area contributed by atoms with Crippen molar-refractivity contribution in [3.05, 3.63) is 35.0 Å². The van der Waals surface area contributed by atoms with Crippen LogP contribution in [0.15, 0.2) is 18.2 Å². The number of H-pyrrole nitrogens is 1. The third-order valence-corrected chi connectivity index (χ3v) is 3.17. The van der Waals surface area contributed by atoms with Crippen molar-refractivity contribution in [1.29, 1.82) is 0 Å². The van der Waals surface area contributed by atoms with Crippen LogP contribution in [0.5, 0.6) is 0 Å². The summed E-state index contributed by atoms with van der Waals surface area (Å²) in [6.07, 6.45) is 1.99. The Bertz CT molecular complexity index is 658. The number of carboxylic acid groups (broad SMARTS) is 1. The summed E-state index contributed by atoms with van der Waals surface area (Å²) in [5, 5.41) is 9.95. The summed E-state index contributed by atoms with van der Waals surface area (Å²) >= 11 is 0. The molecule has 2 rings (SSSR count). The number of carbonyl (C=O) groups is 2. The predicted octanol–water partition coefficient (Wildman–Crippen LogP) is 1.78. The van der Waals surface area contributed by atoms with E-state index in [0.29, 0.717) is 5.69 Å². The van der Waals surface area contributed by atoms with Crippen LogP contribution in [0.1, 0.15) is 30.2 Å². The monoisotopic (exact) mass is 274 g/mol. The van der Waals surface area contributed by atoms with Gasteiger partial charge in [-0.05, 0) is 29.7 Å². The molecule has 5 heteroatoms. The minimum Gasteiger partial charge on any atom is -0.481 e. The number of nitrogens with one attached hydrogen (secondary N) is 1. The molecule has 1 amide bonds. The van der Waals surface area contributed by atoms with Gasteiger partial charge in [0.25, 0.3) is 0 Å². The van der Waals surface area contributed by atoms with Gasteiger partial charge in [0.15, 0.2) is 0 Å². The number of nitrogens with two attached hydrogens (primary N) is 1. The molecular weight excluding hydrogens is 256 g/mol. The summed E-state index contributed by atoms with van der Waals surface area (Å²) in [6.45, 7) is 2.08. The van der Waals surface area contributed by atoms with Crippen molar-refractivity contribution in [3.8, 4) is 0 Å². The van der Waals surface area contributed by atoms with E-state index in [1.54, 1.807) is 0 Å². The summed E-state index contributed by atoms with van der Waals surface area (Å²) in [4.78, 5) is 25.1. The predicted molar refractivity (Wildman–Crippen MR) is 76.5 cm³/mol. The zero-order valence-electron chi connectivity index (χ0n) is 11.4. The molecule has 1 heterocycles. The number of hydrogen-bond acceptors (Lipinski definition) is 2. The van der Waals surface area contributed by atoms with E-state index >= 15 is 0 Å². The maximum absolute atomic E-state index is 11.0. The molecule has 4 N–H and O–H groups in total. The zero-order chi connectivity index (χ0) is 14.7. The molecule has 0 saturated heterocycles. The Kier molecular flexibility index (Phi) is 4.08. The number of aromatic nitrogens is 1. The third kappa shape index (κ3) is 3.17. The van der Waals surface area contributed by atoms with E-state index < -0.39 is 11.9 Å². The summed E-state index contributed by atoms with van der Waals surface area (Å²) in [7, 11) is 0. The smallest absolute Gasteiger partial charge is 0.307 e. The molecule has 1 aromatic heterocycles. The highest BCUT2D eigenvalue weighted by atomic mass is 16.4. The molecule has 5 nitrogen and oxygen atoms in total. The number of benzene rings is 1. The molecule has 0 unspecified atom stereocenters. The lowest BCUT2D eigenvalue weighted by molar-refractivity contribution is -0.136. The second-order valence-electron chi connectivity index (χ2n) is 4.98. The highest BCUT2D eigenvalue weighted by Gasteiger charge is 2.11. The van der Waals surface area contributed by atoms with Gasteiger partial charge in [-0.1, -0.05) is 19.4 Å². The average Bonchev–Trinajstić information content (AvgIpc) is 2.70. The minimum atomic E-state index is -0.869. The largest absolute Gasteiger partial charge is 0.481 e. The molecule has 20 heavy (non-hydrogen) atoms. The molecule has 0 atom stereocenters. The van der Waals surface area contributed by atoms with Gasteiger partial charge in [-0.2, -0.15) is 0 Å². The molecule has 0 spiro atoms. The average molecular weight is 274 g/mol. The van der Waals surface area contributed by atoms with Gasteiger partial charge in [0, 0.05) is 16.6 Å². The van der Waals surface area contributed by atoms with Gasteiger partial charge >= 0.3 is 5.97 Å². The molecule has 0 radical (unpaired) electrons. The fourth-order valence-electron chi connectivity index (χ4n) is 2.46. The fourth-order valence-corrected chi connectivity index (χ4v) is 2.46. The van der Waals surface area contributed by atoms with Gasteiger partial charge in [-0.3, -0.25) is 9.59 Å². The maximum atomic E-state index is 11.0. The Morgan fingerprint density at radius 2 is 2.00 bits per heavy atom. The van der Waals surface area contributed by atoms with Gasteiger partial charge in [0.05, 0.1) is 12.8 Å². The van der Waals surface area contributed by atoms with Crippen molar-refractivity contribution in [2.24, 2.45) is 5.73 Å². The van der Waals surface area contributed by atoms with E-state index in [1.807, 2.05) is 18.2 Å². The molecule has 1 aromatic carbocycles. The highest BCUT2D eigenvalue weighted by molar-refractivity contribution is 5.89. The van der Waals surface area contributed by atoms with Crippen LogP contribution in [0.2, 0.25) is 0 Å².